The van der Waals surface area contributed by atoms with Gasteiger partial charge in [-0.15, -0.1) is 0 Å². The van der Waals surface area contributed by atoms with E-state index >= 15 is 0 Å². The third kappa shape index (κ3) is 2.43. The van der Waals surface area contributed by atoms with E-state index in [4.69, 9.17) is 0 Å². The largest absolute Gasteiger partial charge is 0.390 e. The van der Waals surface area contributed by atoms with Crippen LogP contribution in [0.2, 0.25) is 0 Å². The van der Waals surface area contributed by atoms with E-state index < -0.39 is 12.2 Å². The maximum atomic E-state index is 9.36. The molecule has 0 aliphatic carbocycles. The molecule has 3 heteroatoms. The second-order valence-electron chi connectivity index (χ2n) is 3.57. The zero-order valence-electron chi connectivity index (χ0n) is 7.12. The summed E-state index contributed by atoms with van der Waals surface area (Å²) in [6, 6.07) is 0.606. The minimum atomic E-state index is -0.553. The fourth-order valence-corrected chi connectivity index (χ4v) is 1.66. The van der Waals surface area contributed by atoms with Crippen LogP contribution < -0.4 is 5.32 Å². The van der Waals surface area contributed by atoms with Gasteiger partial charge in [0.25, 0.3) is 0 Å². The number of hydrogen-bond donors (Lipinski definition) is 3. The summed E-state index contributed by atoms with van der Waals surface area (Å²) in [5.41, 5.74) is 0. The topological polar surface area (TPSA) is 52.5 Å². The zero-order valence-corrected chi connectivity index (χ0v) is 7.12. The highest BCUT2D eigenvalue weighted by Crippen LogP contribution is 2.13. The molecule has 1 rings (SSSR count). The number of hydrogen-bond acceptors (Lipinski definition) is 3. The molecule has 0 aromatic carbocycles. The molecule has 11 heavy (non-hydrogen) atoms. The summed E-state index contributed by atoms with van der Waals surface area (Å²) in [7, 11) is 0. The Kier molecular flexibility index (Phi) is 2.87. The molecule has 1 heterocycles. The molecule has 0 aromatic heterocycles. The van der Waals surface area contributed by atoms with Gasteiger partial charge < -0.3 is 15.5 Å². The molecule has 0 radical (unpaired) electrons. The van der Waals surface area contributed by atoms with Crippen LogP contribution in [0.25, 0.3) is 0 Å². The van der Waals surface area contributed by atoms with Gasteiger partial charge in [-0.05, 0) is 26.7 Å². The molecule has 1 fully saturated rings. The predicted octanol–water partition coefficient (Wildman–Crippen LogP) is -0.131. The number of aliphatic hydroxyl groups is 2. The Bertz CT molecular complexity index is 115. The quantitative estimate of drug-likeness (QED) is 0.461. The second-order valence-corrected chi connectivity index (χ2v) is 3.57. The van der Waals surface area contributed by atoms with Crippen LogP contribution in [-0.2, 0) is 0 Å². The van der Waals surface area contributed by atoms with Crippen molar-refractivity contribution < 1.29 is 10.2 Å². The normalized spacial score (nSPS) is 46.9. The van der Waals surface area contributed by atoms with Crippen molar-refractivity contribution in [2.75, 3.05) is 0 Å². The lowest BCUT2D eigenvalue weighted by Crippen LogP contribution is -2.32. The lowest BCUT2D eigenvalue weighted by Gasteiger charge is -2.14. The summed E-state index contributed by atoms with van der Waals surface area (Å²) >= 11 is 0. The smallest absolute Gasteiger partial charge is 0.0814 e. The van der Waals surface area contributed by atoms with Gasteiger partial charge >= 0.3 is 0 Å². The Labute approximate surface area is 67.4 Å². The molecule has 1 saturated heterocycles. The third-order valence-corrected chi connectivity index (χ3v) is 2.20. The summed E-state index contributed by atoms with van der Waals surface area (Å²) in [4.78, 5) is 0. The van der Waals surface area contributed by atoms with E-state index in [0.717, 1.165) is 0 Å². The highest BCUT2D eigenvalue weighted by atomic mass is 16.3. The summed E-state index contributed by atoms with van der Waals surface area (Å²) in [6.45, 7) is 4.05. The van der Waals surface area contributed by atoms with Gasteiger partial charge in [0.1, 0.15) is 0 Å². The van der Waals surface area contributed by atoms with E-state index in [2.05, 4.69) is 5.32 Å². The minimum Gasteiger partial charge on any atom is -0.390 e. The Hall–Kier alpha value is -0.120. The highest BCUT2D eigenvalue weighted by molar-refractivity contribution is 4.82. The van der Waals surface area contributed by atoms with Gasteiger partial charge in [0.05, 0.1) is 12.2 Å². The van der Waals surface area contributed by atoms with Crippen LogP contribution in [0.1, 0.15) is 26.7 Å². The van der Waals surface area contributed by atoms with Crippen molar-refractivity contribution in [1.29, 1.82) is 0 Å². The molecule has 0 saturated carbocycles. The molecule has 3 N–H and O–H groups in total. The average molecular weight is 159 g/mol. The van der Waals surface area contributed by atoms with Gasteiger partial charge in [-0.3, -0.25) is 0 Å². The van der Waals surface area contributed by atoms with Crippen LogP contribution in [-0.4, -0.2) is 34.5 Å². The fourth-order valence-electron chi connectivity index (χ4n) is 1.66. The SMILES string of the molecule is CC1CC(O)C(O)CC(C)N1. The van der Waals surface area contributed by atoms with Crippen molar-refractivity contribution in [2.45, 2.75) is 51.0 Å². The highest BCUT2D eigenvalue weighted by Gasteiger charge is 2.25. The molecule has 0 spiro atoms. The van der Waals surface area contributed by atoms with Crippen molar-refractivity contribution >= 4 is 0 Å². The molecule has 3 nitrogen and oxygen atoms in total. The minimum absolute atomic E-state index is 0.303. The number of rotatable bonds is 0. The maximum Gasteiger partial charge on any atom is 0.0814 e. The van der Waals surface area contributed by atoms with Gasteiger partial charge in [0, 0.05) is 12.1 Å². The predicted molar refractivity (Wildman–Crippen MR) is 43.3 cm³/mol. The Balaban J connectivity index is 2.51. The van der Waals surface area contributed by atoms with Crippen molar-refractivity contribution in [2.24, 2.45) is 0 Å². The Morgan fingerprint density at radius 3 is 1.73 bits per heavy atom. The summed E-state index contributed by atoms with van der Waals surface area (Å²) < 4.78 is 0. The van der Waals surface area contributed by atoms with Gasteiger partial charge in [-0.1, -0.05) is 0 Å². The van der Waals surface area contributed by atoms with E-state index in [-0.39, 0.29) is 0 Å². The van der Waals surface area contributed by atoms with Crippen LogP contribution >= 0.6 is 0 Å². The third-order valence-electron chi connectivity index (χ3n) is 2.20. The second kappa shape index (κ2) is 3.52. The summed E-state index contributed by atoms with van der Waals surface area (Å²) in [5, 5.41) is 22.0. The molecule has 0 bridgehead atoms. The van der Waals surface area contributed by atoms with E-state index in [9.17, 15) is 10.2 Å². The molecular weight excluding hydrogens is 142 g/mol. The first-order valence-corrected chi connectivity index (χ1v) is 4.21. The molecule has 0 aromatic rings. The monoisotopic (exact) mass is 159 g/mol. The van der Waals surface area contributed by atoms with Crippen LogP contribution in [0, 0.1) is 0 Å². The van der Waals surface area contributed by atoms with Crippen LogP contribution in [0.3, 0.4) is 0 Å². The first kappa shape index (κ1) is 8.97. The fraction of sp³-hybridized carbons (Fsp3) is 1.00. The average Bonchev–Trinajstić information content (AvgIpc) is 1.93. The van der Waals surface area contributed by atoms with Crippen LogP contribution in [0.4, 0.5) is 0 Å². The van der Waals surface area contributed by atoms with E-state index in [0.29, 0.717) is 24.9 Å². The molecule has 4 unspecified atom stereocenters. The van der Waals surface area contributed by atoms with Crippen molar-refractivity contribution in [1.82, 2.24) is 5.32 Å². The van der Waals surface area contributed by atoms with E-state index in [1.807, 2.05) is 13.8 Å². The molecule has 4 atom stereocenters. The van der Waals surface area contributed by atoms with Gasteiger partial charge in [-0.2, -0.15) is 0 Å². The molecular formula is C8H17NO2. The molecule has 66 valence electrons. The van der Waals surface area contributed by atoms with Crippen molar-refractivity contribution in [3.05, 3.63) is 0 Å². The molecule has 1 aliphatic heterocycles. The van der Waals surface area contributed by atoms with Crippen molar-refractivity contribution in [3.63, 3.8) is 0 Å². The van der Waals surface area contributed by atoms with Gasteiger partial charge in [-0.25, -0.2) is 0 Å². The van der Waals surface area contributed by atoms with Crippen LogP contribution in [0.5, 0.6) is 0 Å². The molecule has 0 amide bonds. The molecule has 1 aliphatic rings. The van der Waals surface area contributed by atoms with Crippen LogP contribution in [0.15, 0.2) is 0 Å². The first-order valence-electron chi connectivity index (χ1n) is 4.21. The van der Waals surface area contributed by atoms with Gasteiger partial charge in [0.15, 0.2) is 0 Å². The Morgan fingerprint density at radius 2 is 1.36 bits per heavy atom. The zero-order chi connectivity index (χ0) is 8.43. The Morgan fingerprint density at radius 1 is 1.00 bits per heavy atom. The van der Waals surface area contributed by atoms with Gasteiger partial charge in [0.2, 0.25) is 0 Å². The summed E-state index contributed by atoms with van der Waals surface area (Å²) in [5.74, 6) is 0. The summed E-state index contributed by atoms with van der Waals surface area (Å²) in [6.07, 6.45) is 0.182. The number of nitrogens with one attached hydrogen (secondary N) is 1. The standard InChI is InChI=1S/C8H17NO2/c1-5-3-7(10)8(11)4-6(2)9-5/h5-11H,3-4H2,1-2H3. The number of aliphatic hydroxyl groups excluding tert-OH is 2. The van der Waals surface area contributed by atoms with E-state index in [1.54, 1.807) is 0 Å². The maximum absolute atomic E-state index is 9.36. The lowest BCUT2D eigenvalue weighted by molar-refractivity contribution is 0.0132. The lowest BCUT2D eigenvalue weighted by atomic mass is 10.1. The first-order chi connectivity index (χ1) is 5.09. The van der Waals surface area contributed by atoms with E-state index in [1.165, 1.54) is 0 Å². The van der Waals surface area contributed by atoms with Crippen molar-refractivity contribution in [3.8, 4) is 0 Å².